The van der Waals surface area contributed by atoms with Crippen molar-refractivity contribution in [3.05, 3.63) is 117 Å². The number of esters is 1. The lowest BCUT2D eigenvalue weighted by atomic mass is 9.90. The lowest BCUT2D eigenvalue weighted by Gasteiger charge is -2.57. The summed E-state index contributed by atoms with van der Waals surface area (Å²) >= 11 is 1.10. The van der Waals surface area contributed by atoms with Gasteiger partial charge in [-0.15, -0.1) is 21.9 Å². The van der Waals surface area contributed by atoms with Crippen LogP contribution in [0.4, 0.5) is 0 Å². The second kappa shape index (κ2) is 10.0. The van der Waals surface area contributed by atoms with E-state index in [-0.39, 0.29) is 16.9 Å². The molecule has 2 fully saturated rings. The van der Waals surface area contributed by atoms with Crippen LogP contribution in [-0.4, -0.2) is 67.4 Å². The largest absolute Gasteiger partial charge is 0.451 e. The molecule has 3 aromatic rings. The van der Waals surface area contributed by atoms with E-state index in [1.54, 1.807) is 60.7 Å². The number of benzene rings is 3. The van der Waals surface area contributed by atoms with Gasteiger partial charge >= 0.3 is 5.97 Å². The SMILES string of the molecule is C[C@@]1(O[N+](=O)[O-])CS[C@H]2C(N3C(=O)c4ccccc4C3=O)C(=O)N2C1C(=O)OC(c1ccccc1)c1ccccc1. The molecule has 41 heavy (non-hydrogen) atoms. The summed E-state index contributed by atoms with van der Waals surface area (Å²) in [7, 11) is 0. The van der Waals surface area contributed by atoms with Crippen LogP contribution in [0.25, 0.3) is 0 Å². The third kappa shape index (κ3) is 4.31. The van der Waals surface area contributed by atoms with Crippen LogP contribution < -0.4 is 0 Å². The molecule has 0 spiro atoms. The Balaban J connectivity index is 1.33. The van der Waals surface area contributed by atoms with Crippen molar-refractivity contribution in [1.29, 1.82) is 0 Å². The molecule has 4 atom stereocenters. The second-order valence-electron chi connectivity index (χ2n) is 10.1. The van der Waals surface area contributed by atoms with E-state index in [1.165, 1.54) is 19.1 Å². The molecule has 0 aromatic heterocycles. The molecule has 3 aliphatic rings. The minimum atomic E-state index is -1.76. The Morgan fingerprint density at radius 1 is 0.927 bits per heavy atom. The van der Waals surface area contributed by atoms with Crippen LogP contribution in [0.2, 0.25) is 0 Å². The predicted octanol–water partition coefficient (Wildman–Crippen LogP) is 3.23. The van der Waals surface area contributed by atoms with Crippen LogP contribution in [-0.2, 0) is 19.2 Å². The number of fused-ring (bicyclic) bond motifs is 2. The van der Waals surface area contributed by atoms with E-state index in [2.05, 4.69) is 0 Å². The van der Waals surface area contributed by atoms with Gasteiger partial charge in [0.05, 0.1) is 11.1 Å². The number of hydrogen-bond acceptors (Lipinski definition) is 9. The number of hydrogen-bond donors (Lipinski definition) is 0. The number of amides is 3. The van der Waals surface area contributed by atoms with Gasteiger partial charge in [0.25, 0.3) is 22.8 Å². The lowest BCUT2D eigenvalue weighted by Crippen LogP contribution is -2.79. The molecule has 6 rings (SSSR count). The van der Waals surface area contributed by atoms with Crippen molar-refractivity contribution in [1.82, 2.24) is 9.80 Å². The first-order valence-corrected chi connectivity index (χ1v) is 13.8. The van der Waals surface area contributed by atoms with Crippen molar-refractivity contribution in [3.8, 4) is 0 Å². The number of carbonyl (C=O) groups excluding carboxylic acids is 4. The van der Waals surface area contributed by atoms with Gasteiger partial charge in [-0.05, 0) is 30.2 Å². The van der Waals surface area contributed by atoms with Gasteiger partial charge in [0, 0.05) is 5.75 Å². The van der Waals surface area contributed by atoms with E-state index in [0.29, 0.717) is 11.1 Å². The highest BCUT2D eigenvalue weighted by atomic mass is 32.2. The first-order chi connectivity index (χ1) is 19.7. The lowest BCUT2D eigenvalue weighted by molar-refractivity contribution is -0.779. The Morgan fingerprint density at radius 3 is 1.95 bits per heavy atom. The van der Waals surface area contributed by atoms with Gasteiger partial charge in [-0.2, -0.15) is 0 Å². The van der Waals surface area contributed by atoms with Crippen molar-refractivity contribution in [3.63, 3.8) is 0 Å². The zero-order valence-corrected chi connectivity index (χ0v) is 22.4. The van der Waals surface area contributed by atoms with Crippen LogP contribution in [0.3, 0.4) is 0 Å². The van der Waals surface area contributed by atoms with E-state index in [1.807, 2.05) is 12.1 Å². The molecule has 2 unspecified atom stereocenters. The summed E-state index contributed by atoms with van der Waals surface area (Å²) < 4.78 is 6.00. The number of imide groups is 1. The van der Waals surface area contributed by atoms with Crippen LogP contribution in [0.15, 0.2) is 84.9 Å². The topological polar surface area (TPSA) is 136 Å². The van der Waals surface area contributed by atoms with Gasteiger partial charge in [-0.25, -0.2) is 4.79 Å². The third-order valence-corrected chi connectivity index (χ3v) is 9.06. The Hall–Kier alpha value is -4.71. The average Bonchev–Trinajstić information content (AvgIpc) is 3.21. The number of ether oxygens (including phenoxy) is 1. The molecular weight excluding hydrogens is 550 g/mol. The van der Waals surface area contributed by atoms with Gasteiger partial charge < -0.3 is 14.5 Å². The fourth-order valence-electron chi connectivity index (χ4n) is 5.61. The number of β-lactam (4-membered cyclic amide) rings is 1. The molecule has 3 amide bonds. The Labute approximate surface area is 238 Å². The van der Waals surface area contributed by atoms with Gasteiger partial charge in [-0.1, -0.05) is 72.8 Å². The molecule has 0 bridgehead atoms. The molecule has 0 saturated carbocycles. The van der Waals surface area contributed by atoms with Crippen molar-refractivity contribution in [2.45, 2.75) is 36.1 Å². The van der Waals surface area contributed by atoms with Crippen molar-refractivity contribution < 1.29 is 33.8 Å². The Morgan fingerprint density at radius 2 is 1.44 bits per heavy atom. The number of nitrogens with zero attached hydrogens (tertiary/aromatic N) is 3. The highest BCUT2D eigenvalue weighted by Gasteiger charge is 2.66. The maximum Gasteiger partial charge on any atom is 0.332 e. The maximum atomic E-state index is 13.9. The molecular formula is C29H23N3O8S. The number of thioether (sulfide) groups is 1. The average molecular weight is 574 g/mol. The number of rotatable bonds is 7. The molecule has 0 aliphatic carbocycles. The van der Waals surface area contributed by atoms with Crippen molar-refractivity contribution in [2.75, 3.05) is 5.75 Å². The monoisotopic (exact) mass is 573 g/mol. The predicted molar refractivity (Wildman–Crippen MR) is 145 cm³/mol. The number of carbonyl (C=O) groups is 4. The summed E-state index contributed by atoms with van der Waals surface area (Å²) in [5.41, 5.74) is -0.0669. The van der Waals surface area contributed by atoms with Gasteiger partial charge in [0.1, 0.15) is 11.4 Å². The first-order valence-electron chi connectivity index (χ1n) is 12.8. The summed E-state index contributed by atoms with van der Waals surface area (Å²) in [6.07, 6.45) is -0.874. The zero-order chi connectivity index (χ0) is 28.9. The van der Waals surface area contributed by atoms with E-state index < -0.39 is 57.9 Å². The van der Waals surface area contributed by atoms with Crippen LogP contribution in [0.5, 0.6) is 0 Å². The van der Waals surface area contributed by atoms with Crippen molar-refractivity contribution >= 4 is 35.5 Å². The van der Waals surface area contributed by atoms with E-state index >= 15 is 0 Å². The van der Waals surface area contributed by atoms with E-state index in [0.717, 1.165) is 21.6 Å². The quantitative estimate of drug-likeness (QED) is 0.137. The Kier molecular flexibility index (Phi) is 6.49. The Bertz CT molecular complexity index is 1490. The molecule has 208 valence electrons. The summed E-state index contributed by atoms with van der Waals surface area (Å²) in [5, 5.41) is 9.68. The van der Waals surface area contributed by atoms with Gasteiger partial charge in [0.15, 0.2) is 17.7 Å². The highest BCUT2D eigenvalue weighted by molar-refractivity contribution is 8.00. The molecule has 3 heterocycles. The first kappa shape index (κ1) is 26.5. The summed E-state index contributed by atoms with van der Waals surface area (Å²) in [5.74, 6) is -2.90. The van der Waals surface area contributed by atoms with E-state index in [9.17, 15) is 29.3 Å². The van der Waals surface area contributed by atoms with Crippen LogP contribution in [0.1, 0.15) is 44.9 Å². The summed E-state index contributed by atoms with van der Waals surface area (Å²) in [6, 6.07) is 21.5. The van der Waals surface area contributed by atoms with E-state index in [4.69, 9.17) is 9.57 Å². The molecule has 3 aromatic carbocycles. The second-order valence-corrected chi connectivity index (χ2v) is 11.2. The smallest absolute Gasteiger partial charge is 0.332 e. The van der Waals surface area contributed by atoms with Crippen LogP contribution >= 0.6 is 11.8 Å². The zero-order valence-electron chi connectivity index (χ0n) is 21.6. The molecule has 3 aliphatic heterocycles. The fourth-order valence-corrected chi connectivity index (χ4v) is 7.13. The van der Waals surface area contributed by atoms with Crippen LogP contribution in [0, 0.1) is 10.1 Å². The standard InChI is InChI=1S/C29H23N3O8S/c1-29(40-32(37)38)16-41-27-21(30-24(33)19-14-8-9-15-20(19)25(30)34)26(35)31(27)23(29)28(36)39-22(17-10-4-2-5-11-17)18-12-6-3-7-13-18/h2-15,21-23,27H,16H2,1H3/t21?,23?,27-,29+/m0/s1. The third-order valence-electron chi connectivity index (χ3n) is 7.50. The highest BCUT2D eigenvalue weighted by Crippen LogP contribution is 2.47. The minimum Gasteiger partial charge on any atom is -0.451 e. The molecule has 0 N–H and O–H groups in total. The molecule has 12 heteroatoms. The summed E-state index contributed by atoms with van der Waals surface area (Å²) in [6.45, 7) is 1.37. The van der Waals surface area contributed by atoms with Gasteiger partial charge in [0.2, 0.25) is 0 Å². The fraction of sp³-hybridized carbons (Fsp3) is 0.241. The summed E-state index contributed by atoms with van der Waals surface area (Å²) in [4.78, 5) is 72.5. The molecule has 11 nitrogen and oxygen atoms in total. The minimum absolute atomic E-state index is 0.0802. The van der Waals surface area contributed by atoms with Gasteiger partial charge in [-0.3, -0.25) is 19.3 Å². The maximum absolute atomic E-state index is 13.9. The molecule has 0 radical (unpaired) electrons. The normalized spacial score (nSPS) is 24.9. The van der Waals surface area contributed by atoms with Crippen molar-refractivity contribution in [2.24, 2.45) is 0 Å². The molecule has 2 saturated heterocycles.